The normalized spacial score (nSPS) is 13.8. The van der Waals surface area contributed by atoms with Crippen molar-refractivity contribution in [2.75, 3.05) is 0 Å². The number of ether oxygens (including phenoxy) is 1. The number of hydrogen-bond donors (Lipinski definition) is 1. The molecule has 0 bridgehead atoms. The van der Waals surface area contributed by atoms with Crippen LogP contribution in [0.1, 0.15) is 36.1 Å². The molecule has 0 heterocycles. The molecule has 0 saturated heterocycles. The second-order valence-corrected chi connectivity index (χ2v) is 6.40. The number of nitrogens with two attached hydrogens (primary N) is 1. The van der Waals surface area contributed by atoms with Gasteiger partial charge in [-0.3, -0.25) is 0 Å². The van der Waals surface area contributed by atoms with Gasteiger partial charge >= 0.3 is 0 Å². The Balaban J connectivity index is 2.30. The van der Waals surface area contributed by atoms with Crippen LogP contribution in [0, 0.1) is 13.8 Å². The minimum Gasteiger partial charge on any atom is -0.484 e. The van der Waals surface area contributed by atoms with E-state index in [2.05, 4.69) is 67.0 Å². The fourth-order valence-electron chi connectivity index (χ4n) is 2.42. The van der Waals surface area contributed by atoms with Crippen molar-refractivity contribution in [3.05, 3.63) is 63.6 Å². The van der Waals surface area contributed by atoms with Gasteiger partial charge in [0.1, 0.15) is 11.9 Å². The Labute approximate surface area is 135 Å². The van der Waals surface area contributed by atoms with Crippen molar-refractivity contribution >= 4 is 15.9 Å². The quantitative estimate of drug-likeness (QED) is 0.832. The molecule has 2 unspecified atom stereocenters. The fraction of sp³-hybridized carbons (Fsp3) is 0.333. The standard InChI is InChI=1S/C18H22BrNO/c1-4-17(20)18(14-5-7-15(19)8-6-14)21-16-10-12(2)9-13(3)11-16/h5-11,17-18H,4,20H2,1-3H3. The molecule has 0 amide bonds. The van der Waals surface area contributed by atoms with Crippen LogP contribution in [0.4, 0.5) is 0 Å². The van der Waals surface area contributed by atoms with Gasteiger partial charge < -0.3 is 10.5 Å². The summed E-state index contributed by atoms with van der Waals surface area (Å²) in [7, 11) is 0. The number of rotatable bonds is 5. The lowest BCUT2D eigenvalue weighted by molar-refractivity contribution is 0.171. The molecule has 2 nitrogen and oxygen atoms in total. The predicted octanol–water partition coefficient (Wildman–Crippen LogP) is 4.92. The highest BCUT2D eigenvalue weighted by atomic mass is 79.9. The van der Waals surface area contributed by atoms with Gasteiger partial charge in [0.2, 0.25) is 0 Å². The van der Waals surface area contributed by atoms with Crippen LogP contribution in [0.25, 0.3) is 0 Å². The third-order valence-corrected chi connectivity index (χ3v) is 4.05. The molecule has 0 radical (unpaired) electrons. The molecule has 0 aliphatic rings. The van der Waals surface area contributed by atoms with Crippen LogP contribution >= 0.6 is 15.9 Å². The third kappa shape index (κ3) is 4.32. The molecule has 0 aliphatic heterocycles. The largest absolute Gasteiger partial charge is 0.484 e. The Morgan fingerprint density at radius 1 is 1.05 bits per heavy atom. The van der Waals surface area contributed by atoms with Crippen LogP contribution in [-0.4, -0.2) is 6.04 Å². The van der Waals surface area contributed by atoms with E-state index in [0.717, 1.165) is 22.2 Å². The molecule has 112 valence electrons. The first kappa shape index (κ1) is 16.1. The summed E-state index contributed by atoms with van der Waals surface area (Å²) in [5, 5.41) is 0. The molecular weight excluding hydrogens is 326 g/mol. The van der Waals surface area contributed by atoms with Crippen LogP contribution in [-0.2, 0) is 0 Å². The van der Waals surface area contributed by atoms with Gasteiger partial charge in [-0.05, 0) is 61.2 Å². The lowest BCUT2D eigenvalue weighted by atomic mass is 10.0. The lowest BCUT2D eigenvalue weighted by Gasteiger charge is -2.25. The smallest absolute Gasteiger partial charge is 0.139 e. The average Bonchev–Trinajstić information content (AvgIpc) is 2.44. The monoisotopic (exact) mass is 347 g/mol. The molecule has 2 aromatic rings. The summed E-state index contributed by atoms with van der Waals surface area (Å²) < 4.78 is 7.27. The van der Waals surface area contributed by atoms with E-state index >= 15 is 0 Å². The Bertz CT molecular complexity index is 574. The zero-order chi connectivity index (χ0) is 15.4. The van der Waals surface area contributed by atoms with Crippen LogP contribution in [0.15, 0.2) is 46.9 Å². The number of halogens is 1. The highest BCUT2D eigenvalue weighted by Gasteiger charge is 2.20. The summed E-state index contributed by atoms with van der Waals surface area (Å²) in [5.41, 5.74) is 9.78. The van der Waals surface area contributed by atoms with E-state index in [0.29, 0.717) is 0 Å². The summed E-state index contributed by atoms with van der Waals surface area (Å²) in [6, 6.07) is 14.4. The van der Waals surface area contributed by atoms with Crippen molar-refractivity contribution in [3.8, 4) is 5.75 Å². The van der Waals surface area contributed by atoms with E-state index in [4.69, 9.17) is 10.5 Å². The summed E-state index contributed by atoms with van der Waals surface area (Å²) >= 11 is 3.46. The Kier molecular flexibility index (Phi) is 5.43. The van der Waals surface area contributed by atoms with Gasteiger partial charge in [0.15, 0.2) is 0 Å². The summed E-state index contributed by atoms with van der Waals surface area (Å²) in [6.45, 7) is 6.24. The molecule has 2 aromatic carbocycles. The molecule has 21 heavy (non-hydrogen) atoms. The van der Waals surface area contributed by atoms with Crippen molar-refractivity contribution in [3.63, 3.8) is 0 Å². The van der Waals surface area contributed by atoms with Gasteiger partial charge in [-0.2, -0.15) is 0 Å². The third-order valence-electron chi connectivity index (χ3n) is 3.52. The van der Waals surface area contributed by atoms with Gasteiger partial charge in [-0.15, -0.1) is 0 Å². The second-order valence-electron chi connectivity index (χ2n) is 5.49. The molecule has 0 aliphatic carbocycles. The predicted molar refractivity (Wildman–Crippen MR) is 91.7 cm³/mol. The molecule has 0 spiro atoms. The SMILES string of the molecule is CCC(N)C(Oc1cc(C)cc(C)c1)c1ccc(Br)cc1. The highest BCUT2D eigenvalue weighted by Crippen LogP contribution is 2.28. The fourth-order valence-corrected chi connectivity index (χ4v) is 2.68. The van der Waals surface area contributed by atoms with Crippen molar-refractivity contribution in [1.82, 2.24) is 0 Å². The zero-order valence-electron chi connectivity index (χ0n) is 12.8. The average molecular weight is 348 g/mol. The van der Waals surface area contributed by atoms with Gasteiger partial charge in [0.25, 0.3) is 0 Å². The van der Waals surface area contributed by atoms with Crippen molar-refractivity contribution in [2.24, 2.45) is 5.73 Å². The maximum absolute atomic E-state index is 6.27. The molecule has 0 saturated carbocycles. The molecule has 2 atom stereocenters. The van der Waals surface area contributed by atoms with Crippen molar-refractivity contribution < 1.29 is 4.74 Å². The summed E-state index contributed by atoms with van der Waals surface area (Å²) in [4.78, 5) is 0. The Morgan fingerprint density at radius 2 is 1.62 bits per heavy atom. The van der Waals surface area contributed by atoms with E-state index in [-0.39, 0.29) is 12.1 Å². The van der Waals surface area contributed by atoms with Crippen LogP contribution in [0.3, 0.4) is 0 Å². The first-order valence-corrected chi connectivity index (χ1v) is 8.05. The minimum absolute atomic E-state index is 0.0352. The van der Waals surface area contributed by atoms with E-state index in [1.54, 1.807) is 0 Å². The van der Waals surface area contributed by atoms with Crippen LogP contribution in [0.5, 0.6) is 5.75 Å². The van der Waals surface area contributed by atoms with E-state index in [1.807, 2.05) is 12.1 Å². The van der Waals surface area contributed by atoms with Crippen LogP contribution in [0.2, 0.25) is 0 Å². The maximum Gasteiger partial charge on any atom is 0.139 e. The molecule has 2 N–H and O–H groups in total. The number of aryl methyl sites for hydroxylation is 2. The van der Waals surface area contributed by atoms with Gasteiger partial charge in [-0.1, -0.05) is 41.1 Å². The minimum atomic E-state index is -0.135. The number of benzene rings is 2. The van der Waals surface area contributed by atoms with Gasteiger partial charge in [-0.25, -0.2) is 0 Å². The Morgan fingerprint density at radius 3 is 2.14 bits per heavy atom. The molecule has 0 fully saturated rings. The van der Waals surface area contributed by atoms with E-state index < -0.39 is 0 Å². The summed E-state index contributed by atoms with van der Waals surface area (Å²) in [5.74, 6) is 0.879. The molecular formula is C18H22BrNO. The van der Waals surface area contributed by atoms with Crippen molar-refractivity contribution in [2.45, 2.75) is 39.3 Å². The van der Waals surface area contributed by atoms with Crippen molar-refractivity contribution in [1.29, 1.82) is 0 Å². The lowest BCUT2D eigenvalue weighted by Crippen LogP contribution is -2.31. The van der Waals surface area contributed by atoms with Gasteiger partial charge in [0, 0.05) is 10.5 Å². The summed E-state index contributed by atoms with van der Waals surface area (Å²) in [6.07, 6.45) is 0.732. The highest BCUT2D eigenvalue weighted by molar-refractivity contribution is 9.10. The van der Waals surface area contributed by atoms with Gasteiger partial charge in [0.05, 0.1) is 0 Å². The van der Waals surface area contributed by atoms with Crippen LogP contribution < -0.4 is 10.5 Å². The first-order chi connectivity index (χ1) is 9.99. The zero-order valence-corrected chi connectivity index (χ0v) is 14.4. The molecule has 0 aromatic heterocycles. The van der Waals surface area contributed by atoms with E-state index in [9.17, 15) is 0 Å². The molecule has 2 rings (SSSR count). The number of hydrogen-bond acceptors (Lipinski definition) is 2. The first-order valence-electron chi connectivity index (χ1n) is 7.25. The topological polar surface area (TPSA) is 35.2 Å². The maximum atomic E-state index is 6.27. The molecule has 3 heteroatoms. The van der Waals surface area contributed by atoms with E-state index in [1.165, 1.54) is 11.1 Å². The Hall–Kier alpha value is -1.32. The second kappa shape index (κ2) is 7.10.